The second kappa shape index (κ2) is 6.97. The van der Waals surface area contributed by atoms with E-state index in [0.717, 1.165) is 4.90 Å². The van der Waals surface area contributed by atoms with E-state index in [1.165, 1.54) is 5.06 Å². The molecule has 2 aliphatic heterocycles. The minimum Gasteiger partial charge on any atom is -0.308 e. The first kappa shape index (κ1) is 18.2. The number of imide groups is 1. The zero-order valence-corrected chi connectivity index (χ0v) is 15.3. The molecule has 2 atom stereocenters. The van der Waals surface area contributed by atoms with Gasteiger partial charge >= 0.3 is 7.60 Å². The summed E-state index contributed by atoms with van der Waals surface area (Å²) in [5.74, 6) is -1.52. The number of hydroxylamine groups is 2. The zero-order valence-electron chi connectivity index (χ0n) is 14.4. The maximum atomic E-state index is 13.0. The van der Waals surface area contributed by atoms with Gasteiger partial charge in [-0.2, -0.15) is 5.06 Å². The summed E-state index contributed by atoms with van der Waals surface area (Å²) in [5.41, 5.74) is 0.694. The average molecular weight is 368 g/mol. The maximum absolute atomic E-state index is 13.0. The van der Waals surface area contributed by atoms with Crippen LogP contribution < -0.4 is 0 Å². The lowest BCUT2D eigenvalue weighted by molar-refractivity contribution is -0.162. The second-order valence-electron chi connectivity index (χ2n) is 5.72. The summed E-state index contributed by atoms with van der Waals surface area (Å²) in [7, 11) is -1.87. The minimum absolute atomic E-state index is 0.152. The Bertz CT molecular complexity index is 694. The molecule has 136 valence electrons. The number of carbonyl (C=O) groups excluding carboxylic acids is 2. The highest BCUT2D eigenvalue weighted by atomic mass is 31.2. The third-order valence-corrected chi connectivity index (χ3v) is 6.72. The van der Waals surface area contributed by atoms with E-state index in [1.807, 2.05) is 0 Å². The van der Waals surface area contributed by atoms with Crippen molar-refractivity contribution in [2.45, 2.75) is 32.3 Å². The fraction of sp³-hybridized carbons (Fsp3) is 0.500. The summed E-state index contributed by atoms with van der Waals surface area (Å²) < 4.78 is 23.8. The lowest BCUT2D eigenvalue weighted by atomic mass is 10.1. The molecule has 1 saturated heterocycles. The average Bonchev–Trinajstić information content (AvgIpc) is 3.07. The van der Waals surface area contributed by atoms with Crippen LogP contribution in [0.3, 0.4) is 0 Å². The molecule has 2 amide bonds. The van der Waals surface area contributed by atoms with Gasteiger partial charge in [0.1, 0.15) is 5.78 Å². The molecule has 9 heteroatoms. The lowest BCUT2D eigenvalue weighted by Crippen LogP contribution is -2.40. The largest absolute Gasteiger partial charge is 0.350 e. The van der Waals surface area contributed by atoms with Gasteiger partial charge in [-0.05, 0) is 26.0 Å². The molecule has 0 spiro atoms. The van der Waals surface area contributed by atoms with Crippen LogP contribution in [0.25, 0.3) is 0 Å². The molecule has 0 saturated carbocycles. The van der Waals surface area contributed by atoms with E-state index in [0.29, 0.717) is 11.1 Å². The normalized spacial score (nSPS) is 24.2. The number of benzene rings is 1. The number of hydrogen-bond acceptors (Lipinski definition) is 7. The molecular weight excluding hydrogens is 347 g/mol. The van der Waals surface area contributed by atoms with Crippen molar-refractivity contribution in [1.82, 2.24) is 9.96 Å². The van der Waals surface area contributed by atoms with Gasteiger partial charge in [0.15, 0.2) is 6.23 Å². The van der Waals surface area contributed by atoms with Crippen molar-refractivity contribution in [2.75, 3.05) is 20.3 Å². The van der Waals surface area contributed by atoms with Gasteiger partial charge in [0, 0.05) is 13.5 Å². The van der Waals surface area contributed by atoms with Crippen LogP contribution in [-0.4, -0.2) is 54.0 Å². The van der Waals surface area contributed by atoms with Crippen LogP contribution >= 0.6 is 7.60 Å². The second-order valence-corrected chi connectivity index (χ2v) is 7.92. The topological polar surface area (TPSA) is 85.4 Å². The van der Waals surface area contributed by atoms with Crippen molar-refractivity contribution in [3.63, 3.8) is 0 Å². The van der Waals surface area contributed by atoms with Gasteiger partial charge in [-0.3, -0.25) is 19.0 Å². The van der Waals surface area contributed by atoms with Crippen molar-refractivity contribution < 1.29 is 28.0 Å². The molecule has 2 aliphatic rings. The lowest BCUT2D eigenvalue weighted by Gasteiger charge is -2.25. The fourth-order valence-electron chi connectivity index (χ4n) is 3.15. The Kier molecular flexibility index (Phi) is 5.09. The molecule has 8 nitrogen and oxygen atoms in total. The molecule has 0 N–H and O–H groups in total. The van der Waals surface area contributed by atoms with Crippen molar-refractivity contribution in [1.29, 1.82) is 0 Å². The van der Waals surface area contributed by atoms with E-state index >= 15 is 0 Å². The Morgan fingerprint density at radius 2 is 1.64 bits per heavy atom. The minimum atomic E-state index is -3.46. The molecular formula is C16H21N2O6P. The molecule has 0 radical (unpaired) electrons. The summed E-state index contributed by atoms with van der Waals surface area (Å²) in [6.07, 6.45) is -0.698. The number of hydrogen-bond donors (Lipinski definition) is 0. The first-order valence-corrected chi connectivity index (χ1v) is 9.79. The predicted octanol–water partition coefficient (Wildman–Crippen LogP) is 2.47. The van der Waals surface area contributed by atoms with Gasteiger partial charge in [0.25, 0.3) is 11.8 Å². The fourth-order valence-corrected chi connectivity index (χ4v) is 5.18. The maximum Gasteiger partial charge on any atom is 0.350 e. The number of nitrogens with zero attached hydrogens (tertiary/aromatic N) is 2. The van der Waals surface area contributed by atoms with E-state index in [-0.39, 0.29) is 19.6 Å². The van der Waals surface area contributed by atoms with Crippen molar-refractivity contribution in [2.24, 2.45) is 0 Å². The van der Waals surface area contributed by atoms with Gasteiger partial charge in [-0.1, -0.05) is 12.1 Å². The smallest absolute Gasteiger partial charge is 0.308 e. The van der Waals surface area contributed by atoms with Crippen LogP contribution in [0.2, 0.25) is 0 Å². The molecule has 1 aromatic carbocycles. The predicted molar refractivity (Wildman–Crippen MR) is 88.8 cm³/mol. The molecule has 2 heterocycles. The molecule has 1 fully saturated rings. The van der Waals surface area contributed by atoms with E-state index < -0.39 is 31.4 Å². The van der Waals surface area contributed by atoms with Crippen LogP contribution in [0.5, 0.6) is 0 Å². The van der Waals surface area contributed by atoms with Crippen molar-refractivity contribution >= 4 is 19.4 Å². The van der Waals surface area contributed by atoms with Crippen LogP contribution in [0.4, 0.5) is 0 Å². The van der Waals surface area contributed by atoms with Gasteiger partial charge in [0.05, 0.1) is 24.3 Å². The summed E-state index contributed by atoms with van der Waals surface area (Å²) in [6.45, 7) is 3.89. The third kappa shape index (κ3) is 3.05. The monoisotopic (exact) mass is 368 g/mol. The molecule has 25 heavy (non-hydrogen) atoms. The number of carbonyl (C=O) groups is 2. The Morgan fingerprint density at radius 1 is 1.12 bits per heavy atom. The molecule has 0 bridgehead atoms. The van der Waals surface area contributed by atoms with E-state index in [9.17, 15) is 14.2 Å². The standard InChI is InChI=1S/C16H21N2O6P/c1-4-22-25(21,23-5-2)14-10-13(24-17(14)3)18-15(19)11-8-6-7-9-12(11)16(18)20/h6-9,13-14H,4-5,10H2,1-3H3/t13-,14+/m0/s1. The highest BCUT2D eigenvalue weighted by Gasteiger charge is 2.51. The van der Waals surface area contributed by atoms with E-state index in [2.05, 4.69) is 0 Å². The van der Waals surface area contributed by atoms with Gasteiger partial charge < -0.3 is 9.05 Å². The third-order valence-electron chi connectivity index (χ3n) is 4.22. The summed E-state index contributed by atoms with van der Waals surface area (Å²) >= 11 is 0. The Morgan fingerprint density at radius 3 is 2.12 bits per heavy atom. The summed E-state index contributed by atoms with van der Waals surface area (Å²) in [4.78, 5) is 31.9. The highest BCUT2D eigenvalue weighted by Crippen LogP contribution is 2.57. The van der Waals surface area contributed by atoms with Crippen molar-refractivity contribution in [3.8, 4) is 0 Å². The van der Waals surface area contributed by atoms with Crippen LogP contribution in [-0.2, 0) is 18.5 Å². The van der Waals surface area contributed by atoms with E-state index in [4.69, 9.17) is 13.9 Å². The molecule has 0 aromatic heterocycles. The van der Waals surface area contributed by atoms with E-state index in [1.54, 1.807) is 45.2 Å². The highest BCUT2D eigenvalue weighted by molar-refractivity contribution is 7.54. The van der Waals surface area contributed by atoms with Gasteiger partial charge in [0.2, 0.25) is 0 Å². The van der Waals surface area contributed by atoms with Gasteiger partial charge in [-0.25, -0.2) is 4.90 Å². The quantitative estimate of drug-likeness (QED) is 0.563. The Hall–Kier alpha value is -1.57. The van der Waals surface area contributed by atoms with Crippen LogP contribution in [0, 0.1) is 0 Å². The first-order valence-electron chi connectivity index (χ1n) is 8.18. The SMILES string of the molecule is CCOP(=O)(OCC)[C@@H]1C[C@@H](N2C(=O)c3ccccc3C2=O)ON1C. The summed E-state index contributed by atoms with van der Waals surface area (Å²) in [5, 5.41) is 1.36. The van der Waals surface area contributed by atoms with Gasteiger partial charge in [-0.15, -0.1) is 0 Å². The molecule has 1 aromatic rings. The van der Waals surface area contributed by atoms with Crippen LogP contribution in [0.1, 0.15) is 41.0 Å². The zero-order chi connectivity index (χ0) is 18.2. The first-order chi connectivity index (χ1) is 11.9. The number of fused-ring (bicyclic) bond motifs is 1. The molecule has 3 rings (SSSR count). The number of amides is 2. The number of rotatable bonds is 6. The Labute approximate surface area is 146 Å². The van der Waals surface area contributed by atoms with Crippen molar-refractivity contribution in [3.05, 3.63) is 35.4 Å². The summed E-state index contributed by atoms with van der Waals surface area (Å²) in [6, 6.07) is 6.63. The Balaban J connectivity index is 1.84. The van der Waals surface area contributed by atoms with Crippen LogP contribution in [0.15, 0.2) is 24.3 Å². The molecule has 0 aliphatic carbocycles. The molecule has 0 unspecified atom stereocenters.